The fourth-order valence-corrected chi connectivity index (χ4v) is 12.2. The molecule has 0 aromatic heterocycles. The van der Waals surface area contributed by atoms with Gasteiger partial charge >= 0.3 is 0 Å². The second kappa shape index (κ2) is 3.99. The second-order valence-corrected chi connectivity index (χ2v) is 21.4. The maximum atomic E-state index is 12.3. The fraction of sp³-hybridized carbons (Fsp3) is 1.00. The molecule has 0 saturated carbocycles. The summed E-state index contributed by atoms with van der Waals surface area (Å²) in [4.78, 5) is 0. The maximum Gasteiger partial charge on any atom is 0.287 e. The summed E-state index contributed by atoms with van der Waals surface area (Å²) in [6.07, 6.45) is 0. The Morgan fingerprint density at radius 3 is 1.46 bits per heavy atom. The first-order valence-electron chi connectivity index (χ1n) is 4.38. The average molecular weight is 240 g/mol. The Morgan fingerprint density at radius 1 is 1.00 bits per heavy atom. The Hall–Kier alpha value is 0.584. The summed E-state index contributed by atoms with van der Waals surface area (Å²) in [5.74, 6) is 0. The van der Waals surface area contributed by atoms with Gasteiger partial charge in [0.05, 0.1) is 0 Å². The van der Waals surface area contributed by atoms with E-state index >= 15 is 0 Å². The van der Waals surface area contributed by atoms with E-state index in [0.29, 0.717) is 0 Å². The van der Waals surface area contributed by atoms with E-state index in [2.05, 4.69) is 0 Å². The molecule has 0 aliphatic carbocycles. The van der Waals surface area contributed by atoms with Gasteiger partial charge in [0.15, 0.2) is 16.1 Å². The molecular weight excluding hydrogens is 219 g/mol. The summed E-state index contributed by atoms with van der Waals surface area (Å²) in [6.45, 7) is 12.1. The number of hydrogen-bond acceptors (Lipinski definition) is 3. The quantitative estimate of drug-likeness (QED) is 0.557. The van der Waals surface area contributed by atoms with Gasteiger partial charge in [-0.15, -0.1) is 0 Å². The van der Waals surface area contributed by atoms with Crippen molar-refractivity contribution < 1.29 is 13.3 Å². The molecule has 13 heavy (non-hydrogen) atoms. The lowest BCUT2D eigenvalue weighted by atomic mass is 11.8. The van der Waals surface area contributed by atoms with Crippen LogP contribution in [0.15, 0.2) is 0 Å². The number of rotatable bonds is 4. The molecule has 0 spiro atoms. The molecule has 0 radical (unpaired) electrons. The van der Waals surface area contributed by atoms with Gasteiger partial charge in [-0.2, -0.15) is 0 Å². The third-order valence-corrected chi connectivity index (χ3v) is 13.0. The van der Waals surface area contributed by atoms with E-state index in [-0.39, 0.29) is 0 Å². The maximum absolute atomic E-state index is 12.3. The molecule has 3 nitrogen and oxygen atoms in total. The molecule has 0 aliphatic rings. The van der Waals surface area contributed by atoms with E-state index < -0.39 is 23.2 Å². The lowest BCUT2D eigenvalue weighted by molar-refractivity contribution is 0.336. The van der Waals surface area contributed by atoms with E-state index in [4.69, 9.17) is 8.74 Å². The van der Waals surface area contributed by atoms with Crippen LogP contribution in [-0.2, 0) is 13.3 Å². The minimum Gasteiger partial charge on any atom is -0.355 e. The van der Waals surface area contributed by atoms with Crippen LogP contribution in [0, 0.1) is 0 Å². The van der Waals surface area contributed by atoms with Crippen molar-refractivity contribution in [2.75, 3.05) is 7.11 Å². The Bertz CT molecular complexity index is 217. The lowest BCUT2D eigenvalue weighted by Gasteiger charge is -2.32. The zero-order chi connectivity index (χ0) is 10.9. The molecule has 0 N–H and O–H groups in total. The molecule has 0 bridgehead atoms. The fourth-order valence-electron chi connectivity index (χ4n) is 0.809. The molecule has 1 atom stereocenters. The van der Waals surface area contributed by atoms with E-state index in [1.165, 1.54) is 7.11 Å². The van der Waals surface area contributed by atoms with Crippen LogP contribution in [0.1, 0.15) is 0 Å². The van der Waals surface area contributed by atoms with Crippen LogP contribution in [0.5, 0.6) is 0 Å². The topological polar surface area (TPSA) is 35.5 Å². The van der Waals surface area contributed by atoms with Gasteiger partial charge in [0, 0.05) is 7.11 Å². The minimum atomic E-state index is -2.80. The zero-order valence-electron chi connectivity index (χ0n) is 9.67. The molecule has 0 aromatic carbocycles. The van der Waals surface area contributed by atoms with Gasteiger partial charge in [-0.3, -0.25) is 4.57 Å². The predicted molar refractivity (Wildman–Crippen MR) is 62.4 cm³/mol. The van der Waals surface area contributed by atoms with Gasteiger partial charge in [-0.05, 0) is 19.6 Å². The van der Waals surface area contributed by atoms with Gasteiger partial charge in [0.2, 0.25) is 0 Å². The zero-order valence-corrected chi connectivity index (χ0v) is 12.6. The van der Waals surface area contributed by atoms with E-state index in [1.807, 2.05) is 39.3 Å². The molecule has 0 aromatic rings. The van der Waals surface area contributed by atoms with Crippen LogP contribution >= 0.6 is 7.14 Å². The summed E-state index contributed by atoms with van der Waals surface area (Å²) in [5, 5.41) is 0. The third kappa shape index (κ3) is 4.08. The van der Waals surface area contributed by atoms with Crippen LogP contribution in [0.25, 0.3) is 0 Å². The Labute approximate surface area is 83.4 Å². The highest BCUT2D eigenvalue weighted by molar-refractivity contribution is 7.93. The molecule has 6 heteroatoms. The first-order valence-corrected chi connectivity index (χ1v) is 13.7. The monoisotopic (exact) mass is 240 g/mol. The average Bonchev–Trinajstić information content (AvgIpc) is 1.81. The van der Waals surface area contributed by atoms with Gasteiger partial charge in [-0.1, -0.05) is 19.6 Å². The standard InChI is InChI=1S/C7H21O3PSi2/c1-9-11(8,13(5,6)7)10-12(2,3)4/h1-7H3. The van der Waals surface area contributed by atoms with E-state index in [1.54, 1.807) is 0 Å². The summed E-state index contributed by atoms with van der Waals surface area (Å²) in [6, 6.07) is 0. The molecule has 80 valence electrons. The molecular formula is C7H21O3PSi2. The molecule has 1 unspecified atom stereocenters. The highest BCUT2D eigenvalue weighted by Crippen LogP contribution is 2.58. The van der Waals surface area contributed by atoms with Crippen molar-refractivity contribution in [3.8, 4) is 0 Å². The molecule has 0 rings (SSSR count). The lowest BCUT2D eigenvalue weighted by Crippen LogP contribution is -2.32. The van der Waals surface area contributed by atoms with Crippen LogP contribution in [-0.4, -0.2) is 23.2 Å². The highest BCUT2D eigenvalue weighted by Gasteiger charge is 2.43. The minimum absolute atomic E-state index is 1.49. The Balaban J connectivity index is 4.79. The van der Waals surface area contributed by atoms with Crippen LogP contribution in [0.2, 0.25) is 39.3 Å². The van der Waals surface area contributed by atoms with Gasteiger partial charge < -0.3 is 8.74 Å². The van der Waals surface area contributed by atoms with Gasteiger partial charge in [0.25, 0.3) is 7.14 Å². The SMILES string of the molecule is COP(=O)(O[Si](C)(C)C)[Si](C)(C)C. The predicted octanol–water partition coefficient (Wildman–Crippen LogP) is 3.51. The molecule has 0 aliphatic heterocycles. The summed E-state index contributed by atoms with van der Waals surface area (Å²) < 4.78 is 23.1. The molecule has 0 fully saturated rings. The van der Waals surface area contributed by atoms with Gasteiger partial charge in [-0.25, -0.2) is 0 Å². The first-order chi connectivity index (χ1) is 5.52. The summed E-state index contributed by atoms with van der Waals surface area (Å²) >= 11 is 0. The van der Waals surface area contributed by atoms with Crippen LogP contribution < -0.4 is 0 Å². The van der Waals surface area contributed by atoms with Crippen molar-refractivity contribution in [3.05, 3.63) is 0 Å². The smallest absolute Gasteiger partial charge is 0.287 e. The highest BCUT2D eigenvalue weighted by atomic mass is 31.4. The van der Waals surface area contributed by atoms with Crippen molar-refractivity contribution in [2.24, 2.45) is 0 Å². The normalized spacial score (nSPS) is 18.4. The molecule has 0 saturated heterocycles. The van der Waals surface area contributed by atoms with Crippen molar-refractivity contribution in [1.82, 2.24) is 0 Å². The summed E-state index contributed by atoms with van der Waals surface area (Å²) in [5.41, 5.74) is 0. The number of hydrogen-bond donors (Lipinski definition) is 0. The third-order valence-electron chi connectivity index (χ3n) is 1.46. The van der Waals surface area contributed by atoms with E-state index in [9.17, 15) is 4.57 Å². The van der Waals surface area contributed by atoms with Crippen molar-refractivity contribution in [2.45, 2.75) is 39.3 Å². The second-order valence-electron chi connectivity index (χ2n) is 5.05. The summed E-state index contributed by atoms with van der Waals surface area (Å²) in [7, 11) is -4.97. The Kier molecular flexibility index (Phi) is 4.16. The first kappa shape index (κ1) is 13.6. The van der Waals surface area contributed by atoms with Crippen molar-refractivity contribution in [1.29, 1.82) is 0 Å². The van der Waals surface area contributed by atoms with E-state index in [0.717, 1.165) is 0 Å². The molecule has 0 heterocycles. The van der Waals surface area contributed by atoms with Crippen LogP contribution in [0.4, 0.5) is 0 Å². The Morgan fingerprint density at radius 2 is 1.38 bits per heavy atom. The largest absolute Gasteiger partial charge is 0.355 e. The van der Waals surface area contributed by atoms with Crippen molar-refractivity contribution >= 4 is 23.2 Å². The van der Waals surface area contributed by atoms with Crippen molar-refractivity contribution in [3.63, 3.8) is 0 Å². The molecule has 0 amide bonds. The van der Waals surface area contributed by atoms with Gasteiger partial charge in [0.1, 0.15) is 0 Å². The van der Waals surface area contributed by atoms with Crippen LogP contribution in [0.3, 0.4) is 0 Å².